The van der Waals surface area contributed by atoms with Gasteiger partial charge >= 0.3 is 0 Å². The Labute approximate surface area is 225 Å². The van der Waals surface area contributed by atoms with Gasteiger partial charge in [0, 0.05) is 43.5 Å². The number of benzene rings is 2. The first-order valence-corrected chi connectivity index (χ1v) is 15.3. The van der Waals surface area contributed by atoms with Gasteiger partial charge in [-0.3, -0.25) is 14.6 Å². The third-order valence-corrected chi connectivity index (χ3v) is 8.70. The first-order chi connectivity index (χ1) is 18.4. The second kappa shape index (κ2) is 11.7. The van der Waals surface area contributed by atoms with Crippen molar-refractivity contribution in [2.24, 2.45) is 0 Å². The van der Waals surface area contributed by atoms with Crippen molar-refractivity contribution in [2.45, 2.75) is 39.8 Å². The number of aryl methyl sites for hydroxylation is 2. The van der Waals surface area contributed by atoms with Crippen LogP contribution in [0.3, 0.4) is 0 Å². The minimum absolute atomic E-state index is 0.246. The fourth-order valence-electron chi connectivity index (χ4n) is 4.97. The third kappa shape index (κ3) is 6.28. The number of nitrogens with one attached hydrogen (secondary N) is 1. The van der Waals surface area contributed by atoms with E-state index in [1.807, 2.05) is 35.4 Å². The van der Waals surface area contributed by atoms with E-state index in [4.69, 9.17) is 9.97 Å². The fraction of sp³-hybridized carbons (Fsp3) is 0.414. The molecule has 0 saturated carbocycles. The van der Waals surface area contributed by atoms with Gasteiger partial charge in [0.25, 0.3) is 0 Å². The maximum Gasteiger partial charge on any atom is 0.152 e. The van der Waals surface area contributed by atoms with Gasteiger partial charge in [-0.15, -0.1) is 0 Å². The SMILES string of the molecule is CCCNCCCn1cc(-c2cnc3cccc(-c4ccc(CN5CCS(=O)(=O)CC5)cc4C)c3n2)cn1. The first kappa shape index (κ1) is 26.5. The predicted molar refractivity (Wildman–Crippen MR) is 153 cm³/mol. The summed E-state index contributed by atoms with van der Waals surface area (Å²) >= 11 is 0. The van der Waals surface area contributed by atoms with Crippen LogP contribution in [0, 0.1) is 6.92 Å². The molecule has 2 aromatic carbocycles. The second-order valence-electron chi connectivity index (χ2n) is 10.1. The molecule has 0 unspecified atom stereocenters. The number of hydrogen-bond acceptors (Lipinski definition) is 7. The van der Waals surface area contributed by atoms with Crippen LogP contribution in [-0.4, -0.2) is 70.8 Å². The maximum absolute atomic E-state index is 11.8. The summed E-state index contributed by atoms with van der Waals surface area (Å²) in [5, 5.41) is 7.96. The van der Waals surface area contributed by atoms with Crippen molar-refractivity contribution in [3.63, 3.8) is 0 Å². The van der Waals surface area contributed by atoms with Gasteiger partial charge in [0.15, 0.2) is 9.84 Å². The monoisotopic (exact) mass is 532 g/mol. The molecule has 0 amide bonds. The third-order valence-electron chi connectivity index (χ3n) is 7.09. The molecule has 0 spiro atoms. The van der Waals surface area contributed by atoms with Gasteiger partial charge in [-0.05, 0) is 55.6 Å². The lowest BCUT2D eigenvalue weighted by Crippen LogP contribution is -2.39. The van der Waals surface area contributed by atoms with Crippen LogP contribution in [0.25, 0.3) is 33.4 Å². The van der Waals surface area contributed by atoms with Crippen molar-refractivity contribution in [3.8, 4) is 22.4 Å². The average molecular weight is 533 g/mol. The Kier molecular flexibility index (Phi) is 8.16. The summed E-state index contributed by atoms with van der Waals surface area (Å²) in [5.41, 5.74) is 8.05. The van der Waals surface area contributed by atoms with Crippen molar-refractivity contribution < 1.29 is 8.42 Å². The van der Waals surface area contributed by atoms with Gasteiger partial charge < -0.3 is 5.32 Å². The molecule has 0 atom stereocenters. The molecule has 5 rings (SSSR count). The highest BCUT2D eigenvalue weighted by Gasteiger charge is 2.21. The van der Waals surface area contributed by atoms with Crippen molar-refractivity contribution >= 4 is 20.9 Å². The number of sulfone groups is 1. The lowest BCUT2D eigenvalue weighted by Gasteiger charge is -2.26. The van der Waals surface area contributed by atoms with E-state index in [0.717, 1.165) is 78.0 Å². The summed E-state index contributed by atoms with van der Waals surface area (Å²) in [7, 11) is -2.87. The molecule has 3 heterocycles. The Morgan fingerprint density at radius 2 is 1.87 bits per heavy atom. The second-order valence-corrected chi connectivity index (χ2v) is 12.4. The summed E-state index contributed by atoms with van der Waals surface area (Å²) in [5.74, 6) is 0.492. The van der Waals surface area contributed by atoms with Crippen LogP contribution in [0.5, 0.6) is 0 Å². The molecule has 4 aromatic rings. The minimum Gasteiger partial charge on any atom is -0.317 e. The largest absolute Gasteiger partial charge is 0.317 e. The standard InChI is InChI=1S/C29H36N6O2S/c1-3-10-30-11-5-12-35-21-24(18-32-35)28-19-31-27-7-4-6-26(29(27)33-28)25-9-8-23(17-22(25)2)20-34-13-15-38(36,37)16-14-34/h4,6-9,17-19,21,30H,3,5,10-16,20H2,1-2H3. The van der Waals surface area contributed by atoms with E-state index in [1.165, 1.54) is 5.56 Å². The van der Waals surface area contributed by atoms with E-state index >= 15 is 0 Å². The number of rotatable bonds is 10. The van der Waals surface area contributed by atoms with Crippen molar-refractivity contribution in [1.29, 1.82) is 0 Å². The molecule has 0 radical (unpaired) electrons. The van der Waals surface area contributed by atoms with Crippen LogP contribution in [0.1, 0.15) is 30.9 Å². The van der Waals surface area contributed by atoms with Crippen LogP contribution in [0.4, 0.5) is 0 Å². The van der Waals surface area contributed by atoms with Crippen molar-refractivity contribution in [1.82, 2.24) is 30.0 Å². The van der Waals surface area contributed by atoms with Crippen LogP contribution in [0.15, 0.2) is 55.0 Å². The number of aromatic nitrogens is 4. The van der Waals surface area contributed by atoms with Crippen LogP contribution >= 0.6 is 0 Å². The molecule has 1 N–H and O–H groups in total. The van der Waals surface area contributed by atoms with E-state index in [0.29, 0.717) is 13.1 Å². The highest BCUT2D eigenvalue weighted by Crippen LogP contribution is 2.31. The lowest BCUT2D eigenvalue weighted by molar-refractivity contribution is 0.287. The number of hydrogen-bond donors (Lipinski definition) is 1. The van der Waals surface area contributed by atoms with Crippen LogP contribution < -0.4 is 5.32 Å². The molecule has 1 aliphatic rings. The number of fused-ring (bicyclic) bond motifs is 1. The molecule has 1 aliphatic heterocycles. The summed E-state index contributed by atoms with van der Waals surface area (Å²) in [4.78, 5) is 12.0. The Morgan fingerprint density at radius 1 is 1.03 bits per heavy atom. The summed E-state index contributed by atoms with van der Waals surface area (Å²) in [6.45, 7) is 9.14. The quantitative estimate of drug-likeness (QED) is 0.308. The zero-order valence-corrected chi connectivity index (χ0v) is 23.0. The molecular formula is C29H36N6O2S. The highest BCUT2D eigenvalue weighted by atomic mass is 32.2. The first-order valence-electron chi connectivity index (χ1n) is 13.4. The van der Waals surface area contributed by atoms with Crippen LogP contribution in [-0.2, 0) is 22.9 Å². The normalized spacial score (nSPS) is 15.7. The molecule has 1 saturated heterocycles. The molecule has 1 fully saturated rings. The molecule has 200 valence electrons. The smallest absolute Gasteiger partial charge is 0.152 e. The van der Waals surface area contributed by atoms with E-state index in [2.05, 4.69) is 53.4 Å². The summed E-state index contributed by atoms with van der Waals surface area (Å²) in [6, 6.07) is 12.6. The Bertz CT molecular complexity index is 1500. The van der Waals surface area contributed by atoms with Gasteiger partial charge in [-0.2, -0.15) is 5.10 Å². The Balaban J connectivity index is 1.35. The van der Waals surface area contributed by atoms with E-state index in [9.17, 15) is 8.42 Å². The molecule has 38 heavy (non-hydrogen) atoms. The van der Waals surface area contributed by atoms with E-state index in [-0.39, 0.29) is 11.5 Å². The highest BCUT2D eigenvalue weighted by molar-refractivity contribution is 7.91. The van der Waals surface area contributed by atoms with Crippen molar-refractivity contribution in [3.05, 3.63) is 66.1 Å². The summed E-state index contributed by atoms with van der Waals surface area (Å²) < 4.78 is 25.5. The Morgan fingerprint density at radius 3 is 2.66 bits per heavy atom. The number of para-hydroxylation sites is 1. The zero-order chi connectivity index (χ0) is 26.5. The lowest BCUT2D eigenvalue weighted by atomic mass is 9.97. The predicted octanol–water partition coefficient (Wildman–Crippen LogP) is 4.09. The van der Waals surface area contributed by atoms with Gasteiger partial charge in [0.2, 0.25) is 0 Å². The van der Waals surface area contributed by atoms with Crippen molar-refractivity contribution in [2.75, 3.05) is 37.7 Å². The van der Waals surface area contributed by atoms with Gasteiger partial charge in [0.1, 0.15) is 0 Å². The molecule has 0 aliphatic carbocycles. The summed E-state index contributed by atoms with van der Waals surface area (Å²) in [6.07, 6.45) is 7.91. The van der Waals surface area contributed by atoms with Gasteiger partial charge in [-0.1, -0.05) is 37.3 Å². The van der Waals surface area contributed by atoms with Gasteiger partial charge in [0.05, 0.1) is 40.6 Å². The van der Waals surface area contributed by atoms with Crippen LogP contribution in [0.2, 0.25) is 0 Å². The zero-order valence-electron chi connectivity index (χ0n) is 22.2. The van der Waals surface area contributed by atoms with E-state index in [1.54, 1.807) is 0 Å². The Hall–Kier alpha value is -3.14. The topological polar surface area (TPSA) is 93.0 Å². The molecule has 0 bridgehead atoms. The molecule has 2 aromatic heterocycles. The molecule has 8 nitrogen and oxygen atoms in total. The maximum atomic E-state index is 11.8. The number of nitrogens with zero attached hydrogens (tertiary/aromatic N) is 5. The van der Waals surface area contributed by atoms with Gasteiger partial charge in [-0.25, -0.2) is 13.4 Å². The minimum atomic E-state index is -2.87. The molecule has 9 heteroatoms. The average Bonchev–Trinajstić information content (AvgIpc) is 3.38. The fourth-order valence-corrected chi connectivity index (χ4v) is 6.25. The van der Waals surface area contributed by atoms with E-state index < -0.39 is 9.84 Å². The molecular weight excluding hydrogens is 496 g/mol.